The largest absolute Gasteiger partial charge is 0.497 e. The van der Waals surface area contributed by atoms with Gasteiger partial charge in [-0.15, -0.1) is 10.2 Å². The lowest BCUT2D eigenvalue weighted by atomic mass is 10.1. The molecule has 2 aromatic carbocycles. The second-order valence-corrected chi connectivity index (χ2v) is 7.36. The molecule has 1 amide bonds. The van der Waals surface area contributed by atoms with Crippen LogP contribution in [0.15, 0.2) is 53.7 Å². The van der Waals surface area contributed by atoms with Gasteiger partial charge in [-0.2, -0.15) is 0 Å². The van der Waals surface area contributed by atoms with Crippen LogP contribution in [0.2, 0.25) is 0 Å². The summed E-state index contributed by atoms with van der Waals surface area (Å²) in [5, 5.41) is 12.1. The Morgan fingerprint density at radius 2 is 1.90 bits per heavy atom. The Hall–Kier alpha value is -3.00. The molecule has 0 aliphatic carbocycles. The van der Waals surface area contributed by atoms with Crippen LogP contribution in [0.5, 0.6) is 11.5 Å². The third kappa shape index (κ3) is 4.89. The summed E-state index contributed by atoms with van der Waals surface area (Å²) < 4.78 is 12.6. The third-order valence-corrected chi connectivity index (χ3v) is 5.50. The average Bonchev–Trinajstić information content (AvgIpc) is 3.12. The monoisotopic (exact) mass is 412 g/mol. The summed E-state index contributed by atoms with van der Waals surface area (Å²) in [6.45, 7) is 1.91. The lowest BCUT2D eigenvalue weighted by Gasteiger charge is -2.18. The van der Waals surface area contributed by atoms with Gasteiger partial charge in [-0.25, -0.2) is 0 Å². The molecule has 0 saturated carbocycles. The summed E-state index contributed by atoms with van der Waals surface area (Å²) in [5.41, 5.74) is 1.84. The standard InChI is InChI=1S/C21H24N4O3S/c1-14(17-12-16(27-3)10-11-18(17)28-4)22-19(26)13-29-21-24-23-20(25(21)2)15-8-6-5-7-9-15/h5-12,14H,13H2,1-4H3,(H,22,26)/t14-/m0/s1. The lowest BCUT2D eigenvalue weighted by molar-refractivity contribution is -0.119. The maximum atomic E-state index is 12.5. The zero-order chi connectivity index (χ0) is 20.8. The van der Waals surface area contributed by atoms with Gasteiger partial charge >= 0.3 is 0 Å². The summed E-state index contributed by atoms with van der Waals surface area (Å²) in [7, 11) is 5.11. The van der Waals surface area contributed by atoms with Crippen molar-refractivity contribution in [3.05, 3.63) is 54.1 Å². The van der Waals surface area contributed by atoms with Gasteiger partial charge in [-0.3, -0.25) is 4.79 Å². The number of benzene rings is 2. The molecule has 152 valence electrons. The van der Waals surface area contributed by atoms with Crippen LogP contribution in [0.25, 0.3) is 11.4 Å². The van der Waals surface area contributed by atoms with E-state index < -0.39 is 0 Å². The highest BCUT2D eigenvalue weighted by Gasteiger charge is 2.17. The number of rotatable bonds is 8. The maximum absolute atomic E-state index is 12.5. The van der Waals surface area contributed by atoms with Gasteiger partial charge in [0.15, 0.2) is 11.0 Å². The van der Waals surface area contributed by atoms with E-state index in [-0.39, 0.29) is 17.7 Å². The molecule has 0 spiro atoms. The van der Waals surface area contributed by atoms with E-state index in [0.717, 1.165) is 17.0 Å². The molecule has 0 radical (unpaired) electrons. The van der Waals surface area contributed by atoms with Gasteiger partial charge in [-0.05, 0) is 25.1 Å². The Bertz CT molecular complexity index is 975. The Morgan fingerprint density at radius 1 is 1.14 bits per heavy atom. The van der Waals surface area contributed by atoms with Gasteiger partial charge in [0.1, 0.15) is 11.5 Å². The highest BCUT2D eigenvalue weighted by atomic mass is 32.2. The first-order chi connectivity index (χ1) is 14.0. The van der Waals surface area contributed by atoms with E-state index in [4.69, 9.17) is 9.47 Å². The van der Waals surface area contributed by atoms with Gasteiger partial charge in [0, 0.05) is 18.2 Å². The van der Waals surface area contributed by atoms with Crippen molar-refractivity contribution in [3.8, 4) is 22.9 Å². The number of ether oxygens (including phenoxy) is 2. The quantitative estimate of drug-likeness (QED) is 0.571. The van der Waals surface area contributed by atoms with Gasteiger partial charge in [0.05, 0.1) is 26.0 Å². The van der Waals surface area contributed by atoms with Crippen LogP contribution in [-0.4, -0.2) is 40.6 Å². The van der Waals surface area contributed by atoms with Crippen LogP contribution in [0, 0.1) is 0 Å². The zero-order valence-corrected chi connectivity index (χ0v) is 17.7. The number of carbonyl (C=O) groups excluding carboxylic acids is 1. The summed E-state index contributed by atoms with van der Waals surface area (Å²) >= 11 is 1.35. The van der Waals surface area contributed by atoms with E-state index in [1.54, 1.807) is 14.2 Å². The molecule has 1 heterocycles. The number of nitrogens with zero attached hydrogens (tertiary/aromatic N) is 3. The van der Waals surface area contributed by atoms with Crippen molar-refractivity contribution in [1.29, 1.82) is 0 Å². The Balaban J connectivity index is 1.63. The Morgan fingerprint density at radius 3 is 2.59 bits per heavy atom. The number of carbonyl (C=O) groups is 1. The maximum Gasteiger partial charge on any atom is 0.230 e. The molecular formula is C21H24N4O3S. The fourth-order valence-electron chi connectivity index (χ4n) is 2.95. The summed E-state index contributed by atoms with van der Waals surface area (Å²) in [4.78, 5) is 12.5. The van der Waals surface area contributed by atoms with Crippen molar-refractivity contribution < 1.29 is 14.3 Å². The SMILES string of the molecule is COc1ccc(OC)c([C@H](C)NC(=O)CSc2nnc(-c3ccccc3)n2C)c1. The summed E-state index contributed by atoms with van der Waals surface area (Å²) in [5.74, 6) is 2.31. The highest BCUT2D eigenvalue weighted by Crippen LogP contribution is 2.29. The molecule has 1 aromatic heterocycles. The molecule has 0 aliphatic rings. The molecule has 0 fully saturated rings. The van der Waals surface area contributed by atoms with Crippen molar-refractivity contribution >= 4 is 17.7 Å². The Labute approximate surface area is 174 Å². The molecule has 8 heteroatoms. The van der Waals surface area contributed by atoms with Crippen molar-refractivity contribution in [1.82, 2.24) is 20.1 Å². The number of thioether (sulfide) groups is 1. The number of aromatic nitrogens is 3. The first kappa shape index (κ1) is 20.7. The first-order valence-corrected chi connectivity index (χ1v) is 10.1. The molecule has 29 heavy (non-hydrogen) atoms. The molecule has 0 bridgehead atoms. The van der Waals surface area contributed by atoms with E-state index >= 15 is 0 Å². The third-order valence-electron chi connectivity index (χ3n) is 4.48. The zero-order valence-electron chi connectivity index (χ0n) is 16.9. The molecule has 7 nitrogen and oxygen atoms in total. The topological polar surface area (TPSA) is 78.3 Å². The molecule has 0 saturated heterocycles. The van der Waals surface area contributed by atoms with Gasteiger partial charge in [0.2, 0.25) is 5.91 Å². The first-order valence-electron chi connectivity index (χ1n) is 9.12. The number of methoxy groups -OCH3 is 2. The molecule has 3 rings (SSSR count). The molecule has 3 aromatic rings. The van der Waals surface area contributed by atoms with Crippen molar-refractivity contribution in [3.63, 3.8) is 0 Å². The number of hydrogen-bond donors (Lipinski definition) is 1. The lowest BCUT2D eigenvalue weighted by Crippen LogP contribution is -2.28. The van der Waals surface area contributed by atoms with Crippen LogP contribution in [0.4, 0.5) is 0 Å². The number of amides is 1. The minimum Gasteiger partial charge on any atom is -0.497 e. The van der Waals surface area contributed by atoms with Crippen molar-refractivity contribution in [2.24, 2.45) is 7.05 Å². The molecule has 1 atom stereocenters. The van der Waals surface area contributed by atoms with Crippen LogP contribution >= 0.6 is 11.8 Å². The fraction of sp³-hybridized carbons (Fsp3) is 0.286. The summed E-state index contributed by atoms with van der Waals surface area (Å²) in [6.07, 6.45) is 0. The summed E-state index contributed by atoms with van der Waals surface area (Å²) in [6, 6.07) is 15.1. The van der Waals surface area contributed by atoms with Crippen LogP contribution in [0.3, 0.4) is 0 Å². The van der Waals surface area contributed by atoms with Gasteiger partial charge < -0.3 is 19.4 Å². The van der Waals surface area contributed by atoms with Crippen LogP contribution < -0.4 is 14.8 Å². The van der Waals surface area contributed by atoms with Crippen LogP contribution in [-0.2, 0) is 11.8 Å². The average molecular weight is 413 g/mol. The molecule has 0 unspecified atom stereocenters. The van der Waals surface area contributed by atoms with Crippen molar-refractivity contribution in [2.45, 2.75) is 18.1 Å². The molecule has 1 N–H and O–H groups in total. The van der Waals surface area contributed by atoms with Crippen molar-refractivity contribution in [2.75, 3.05) is 20.0 Å². The highest BCUT2D eigenvalue weighted by molar-refractivity contribution is 7.99. The van der Waals surface area contributed by atoms with E-state index in [1.165, 1.54) is 11.8 Å². The molecule has 0 aliphatic heterocycles. The van der Waals surface area contributed by atoms with E-state index in [1.807, 2.05) is 67.1 Å². The minimum atomic E-state index is -0.229. The number of hydrogen-bond acceptors (Lipinski definition) is 6. The second kappa shape index (κ2) is 9.47. The Kier molecular flexibility index (Phi) is 6.77. The second-order valence-electron chi connectivity index (χ2n) is 6.42. The minimum absolute atomic E-state index is 0.100. The normalized spacial score (nSPS) is 11.7. The van der Waals surface area contributed by atoms with Crippen LogP contribution in [0.1, 0.15) is 18.5 Å². The van der Waals surface area contributed by atoms with Gasteiger partial charge in [0.25, 0.3) is 0 Å². The predicted molar refractivity (Wildman–Crippen MR) is 113 cm³/mol. The number of nitrogens with one attached hydrogen (secondary N) is 1. The van der Waals surface area contributed by atoms with Gasteiger partial charge in [-0.1, -0.05) is 42.1 Å². The predicted octanol–water partition coefficient (Wildman–Crippen LogP) is 3.47. The van der Waals surface area contributed by atoms with E-state index in [9.17, 15) is 4.79 Å². The smallest absolute Gasteiger partial charge is 0.230 e. The molecular weight excluding hydrogens is 388 g/mol. The fourth-order valence-corrected chi connectivity index (χ4v) is 3.67. The van der Waals surface area contributed by atoms with E-state index in [0.29, 0.717) is 16.7 Å². The van der Waals surface area contributed by atoms with E-state index in [2.05, 4.69) is 15.5 Å².